The first kappa shape index (κ1) is 14.2. The number of ether oxygens (including phenoxy) is 1. The first-order valence-electron chi connectivity index (χ1n) is 5.85. The molecule has 2 heteroatoms. The molecule has 0 saturated heterocycles. The summed E-state index contributed by atoms with van der Waals surface area (Å²) < 4.78 is 5.30. The highest BCUT2D eigenvalue weighted by Gasteiger charge is 2.39. The Labute approximate surface area is 94.2 Å². The maximum Gasteiger partial charge on any atom is 0.117 e. The minimum Gasteiger partial charge on any atom is -0.497 e. The van der Waals surface area contributed by atoms with Crippen molar-refractivity contribution in [1.29, 1.82) is 0 Å². The van der Waals surface area contributed by atoms with Crippen LogP contribution in [0.15, 0.2) is 23.5 Å². The molecule has 2 nitrogen and oxygen atoms in total. The first-order chi connectivity index (χ1) is 7.28. The molecule has 0 aromatic carbocycles. The summed E-state index contributed by atoms with van der Waals surface area (Å²) in [6.07, 6.45) is 5.37. The molecule has 15 heavy (non-hydrogen) atoms. The zero-order chi connectivity index (χ0) is 11.8. The van der Waals surface area contributed by atoms with Crippen LogP contribution in [0.4, 0.5) is 0 Å². The van der Waals surface area contributed by atoms with Crippen LogP contribution in [0.1, 0.15) is 34.1 Å². The Kier molecular flexibility index (Phi) is 7.14. The fourth-order valence-corrected chi connectivity index (χ4v) is 1.83. The van der Waals surface area contributed by atoms with Crippen molar-refractivity contribution in [3.8, 4) is 0 Å². The Balaban J connectivity index is 0.000000921. The molecule has 1 aliphatic carbocycles. The molecule has 0 radical (unpaired) electrons. The van der Waals surface area contributed by atoms with Crippen LogP contribution in [0, 0.1) is 11.8 Å². The van der Waals surface area contributed by atoms with Crippen molar-refractivity contribution in [2.24, 2.45) is 17.6 Å². The SMILES string of the molecule is C/C=C(\C(=C/C)OC)C1CC1CN.CC. The van der Waals surface area contributed by atoms with Gasteiger partial charge >= 0.3 is 0 Å². The second-order valence-corrected chi connectivity index (χ2v) is 3.44. The van der Waals surface area contributed by atoms with E-state index in [1.54, 1.807) is 7.11 Å². The van der Waals surface area contributed by atoms with Gasteiger partial charge in [-0.25, -0.2) is 0 Å². The number of hydrogen-bond donors (Lipinski definition) is 1. The van der Waals surface area contributed by atoms with Crippen LogP contribution in [-0.2, 0) is 4.74 Å². The normalized spacial score (nSPS) is 25.5. The average Bonchev–Trinajstić information content (AvgIpc) is 3.07. The van der Waals surface area contributed by atoms with Crippen LogP contribution < -0.4 is 5.73 Å². The maximum atomic E-state index is 5.61. The third-order valence-electron chi connectivity index (χ3n) is 2.70. The van der Waals surface area contributed by atoms with Crippen molar-refractivity contribution >= 4 is 0 Å². The van der Waals surface area contributed by atoms with E-state index in [9.17, 15) is 0 Å². The second-order valence-electron chi connectivity index (χ2n) is 3.44. The molecule has 1 aliphatic rings. The zero-order valence-electron chi connectivity index (χ0n) is 10.7. The van der Waals surface area contributed by atoms with Gasteiger partial charge in [0.1, 0.15) is 5.76 Å². The van der Waals surface area contributed by atoms with Crippen molar-refractivity contribution in [1.82, 2.24) is 0 Å². The van der Waals surface area contributed by atoms with Gasteiger partial charge in [0, 0.05) is 0 Å². The number of allylic oxidation sites excluding steroid dienone is 3. The van der Waals surface area contributed by atoms with Gasteiger partial charge in [0.05, 0.1) is 7.11 Å². The predicted molar refractivity (Wildman–Crippen MR) is 66.5 cm³/mol. The Hall–Kier alpha value is -0.760. The molecule has 1 fully saturated rings. The van der Waals surface area contributed by atoms with Crippen LogP contribution >= 0.6 is 0 Å². The van der Waals surface area contributed by atoms with E-state index >= 15 is 0 Å². The fourth-order valence-electron chi connectivity index (χ4n) is 1.83. The van der Waals surface area contributed by atoms with Gasteiger partial charge in [0.15, 0.2) is 0 Å². The molecule has 0 heterocycles. The van der Waals surface area contributed by atoms with E-state index in [-0.39, 0.29) is 0 Å². The first-order valence-corrected chi connectivity index (χ1v) is 5.85. The van der Waals surface area contributed by atoms with Gasteiger partial charge in [-0.15, -0.1) is 0 Å². The molecule has 0 spiro atoms. The highest BCUT2D eigenvalue weighted by atomic mass is 16.5. The van der Waals surface area contributed by atoms with Gasteiger partial charge in [0.25, 0.3) is 0 Å². The van der Waals surface area contributed by atoms with E-state index in [0.717, 1.165) is 12.3 Å². The van der Waals surface area contributed by atoms with Crippen LogP contribution in [0.25, 0.3) is 0 Å². The van der Waals surface area contributed by atoms with E-state index in [4.69, 9.17) is 10.5 Å². The van der Waals surface area contributed by atoms with Gasteiger partial charge < -0.3 is 10.5 Å². The second kappa shape index (κ2) is 7.52. The van der Waals surface area contributed by atoms with Gasteiger partial charge in [0.2, 0.25) is 0 Å². The molecule has 1 saturated carbocycles. The van der Waals surface area contributed by atoms with E-state index in [2.05, 4.69) is 13.0 Å². The third kappa shape index (κ3) is 3.71. The summed E-state index contributed by atoms with van der Waals surface area (Å²) in [5, 5.41) is 0. The lowest BCUT2D eigenvalue weighted by molar-refractivity contribution is 0.295. The lowest BCUT2D eigenvalue weighted by atomic mass is 10.1. The van der Waals surface area contributed by atoms with Crippen molar-refractivity contribution in [3.05, 3.63) is 23.5 Å². The molecule has 0 amide bonds. The molecule has 2 N–H and O–H groups in total. The predicted octanol–water partition coefficient (Wildman–Crippen LogP) is 3.10. The quantitative estimate of drug-likeness (QED) is 0.573. The van der Waals surface area contributed by atoms with Crippen LogP contribution in [0.2, 0.25) is 0 Å². The van der Waals surface area contributed by atoms with Gasteiger partial charge in [-0.05, 0) is 50.3 Å². The summed E-state index contributed by atoms with van der Waals surface area (Å²) >= 11 is 0. The topological polar surface area (TPSA) is 35.2 Å². The molecule has 0 aliphatic heterocycles. The molecular formula is C13H25NO. The van der Waals surface area contributed by atoms with Gasteiger partial charge in [-0.3, -0.25) is 0 Å². The summed E-state index contributed by atoms with van der Waals surface area (Å²) in [5.41, 5.74) is 6.93. The molecule has 0 aromatic heterocycles. The summed E-state index contributed by atoms with van der Waals surface area (Å²) in [4.78, 5) is 0. The Morgan fingerprint density at radius 1 is 1.33 bits per heavy atom. The van der Waals surface area contributed by atoms with E-state index in [1.165, 1.54) is 12.0 Å². The molecule has 2 atom stereocenters. The molecular weight excluding hydrogens is 186 g/mol. The molecule has 2 unspecified atom stereocenters. The molecule has 0 aromatic rings. The van der Waals surface area contributed by atoms with Gasteiger partial charge in [-0.1, -0.05) is 19.9 Å². The zero-order valence-corrected chi connectivity index (χ0v) is 10.7. The van der Waals surface area contributed by atoms with Crippen LogP contribution in [0.3, 0.4) is 0 Å². The smallest absolute Gasteiger partial charge is 0.117 e. The highest BCUT2D eigenvalue weighted by molar-refractivity contribution is 5.32. The minimum atomic E-state index is 0.640. The van der Waals surface area contributed by atoms with Gasteiger partial charge in [-0.2, -0.15) is 0 Å². The Bertz CT molecular complexity index is 231. The maximum absolute atomic E-state index is 5.61. The fraction of sp³-hybridized carbons (Fsp3) is 0.692. The lowest BCUT2D eigenvalue weighted by Crippen LogP contribution is -2.05. The van der Waals surface area contributed by atoms with E-state index in [1.807, 2.05) is 26.8 Å². The monoisotopic (exact) mass is 211 g/mol. The Morgan fingerprint density at radius 3 is 2.20 bits per heavy atom. The standard InChI is InChI=1S/C11H19NO.C2H6/c1-4-9(11(5-2)13-3)10-6-8(10)7-12;1-2/h4-5,8,10H,6-7,12H2,1-3H3;1-2H3/b9-4-,11-5+;. The number of nitrogens with two attached hydrogens (primary N) is 1. The molecule has 1 rings (SSSR count). The lowest BCUT2D eigenvalue weighted by Gasteiger charge is -2.09. The van der Waals surface area contributed by atoms with E-state index in [0.29, 0.717) is 11.8 Å². The van der Waals surface area contributed by atoms with Crippen molar-refractivity contribution < 1.29 is 4.74 Å². The summed E-state index contributed by atoms with van der Waals surface area (Å²) in [6.45, 7) is 8.86. The molecule has 88 valence electrons. The summed E-state index contributed by atoms with van der Waals surface area (Å²) in [5.74, 6) is 2.32. The Morgan fingerprint density at radius 2 is 1.93 bits per heavy atom. The van der Waals surface area contributed by atoms with Crippen molar-refractivity contribution in [3.63, 3.8) is 0 Å². The summed E-state index contributed by atoms with van der Waals surface area (Å²) in [6, 6.07) is 0. The van der Waals surface area contributed by atoms with Crippen LogP contribution in [0.5, 0.6) is 0 Å². The molecule has 0 bridgehead atoms. The third-order valence-corrected chi connectivity index (χ3v) is 2.70. The highest BCUT2D eigenvalue weighted by Crippen LogP contribution is 2.45. The number of methoxy groups -OCH3 is 1. The van der Waals surface area contributed by atoms with Crippen LogP contribution in [-0.4, -0.2) is 13.7 Å². The minimum absolute atomic E-state index is 0.640. The largest absolute Gasteiger partial charge is 0.497 e. The number of rotatable bonds is 4. The summed E-state index contributed by atoms with van der Waals surface area (Å²) in [7, 11) is 1.72. The van der Waals surface area contributed by atoms with Crippen molar-refractivity contribution in [2.75, 3.05) is 13.7 Å². The van der Waals surface area contributed by atoms with E-state index < -0.39 is 0 Å². The number of hydrogen-bond acceptors (Lipinski definition) is 2. The average molecular weight is 211 g/mol. The van der Waals surface area contributed by atoms with Crippen molar-refractivity contribution in [2.45, 2.75) is 34.1 Å².